The van der Waals surface area contributed by atoms with Crippen molar-refractivity contribution in [2.75, 3.05) is 18.6 Å². The Morgan fingerprint density at radius 3 is 2.25 bits per heavy atom. The van der Waals surface area contributed by atoms with Crippen molar-refractivity contribution in [2.45, 2.75) is 38.5 Å². The van der Waals surface area contributed by atoms with E-state index in [4.69, 9.17) is 5.73 Å². The second-order valence-electron chi connectivity index (χ2n) is 4.85. The van der Waals surface area contributed by atoms with E-state index in [0.29, 0.717) is 6.54 Å². The van der Waals surface area contributed by atoms with Crippen LogP contribution in [-0.2, 0) is 14.6 Å². The van der Waals surface area contributed by atoms with E-state index in [9.17, 15) is 13.2 Å². The fourth-order valence-electron chi connectivity index (χ4n) is 2.37. The molecule has 1 saturated carbocycles. The maximum atomic E-state index is 12.1. The summed E-state index contributed by atoms with van der Waals surface area (Å²) in [4.78, 5) is 12.1. The molecule has 0 aliphatic heterocycles. The summed E-state index contributed by atoms with van der Waals surface area (Å²) in [6.07, 6.45) is 6.15. The summed E-state index contributed by atoms with van der Waals surface area (Å²) in [5.74, 6) is -0.00625. The Hall–Kier alpha value is -0.420. The van der Waals surface area contributed by atoms with E-state index in [1.54, 1.807) is 0 Å². The first-order chi connectivity index (χ1) is 7.40. The van der Waals surface area contributed by atoms with E-state index in [2.05, 4.69) is 0 Å². The third-order valence-electron chi connectivity index (χ3n) is 3.49. The van der Waals surface area contributed by atoms with Crippen LogP contribution in [0, 0.1) is 5.41 Å². The van der Waals surface area contributed by atoms with Crippen LogP contribution in [0.3, 0.4) is 0 Å². The van der Waals surface area contributed by atoms with E-state index >= 15 is 0 Å². The monoisotopic (exact) mass is 247 g/mol. The van der Waals surface area contributed by atoms with Gasteiger partial charge in [-0.2, -0.15) is 0 Å². The summed E-state index contributed by atoms with van der Waals surface area (Å²) in [5, 5.41) is 0. The zero-order valence-corrected chi connectivity index (χ0v) is 10.7. The van der Waals surface area contributed by atoms with Crippen LogP contribution in [0.1, 0.15) is 38.5 Å². The Bertz CT molecular complexity index is 342. The van der Waals surface area contributed by atoms with E-state index in [0.717, 1.165) is 38.4 Å². The van der Waals surface area contributed by atoms with Crippen LogP contribution in [0.4, 0.5) is 0 Å². The fourth-order valence-corrected chi connectivity index (χ4v) is 2.92. The third kappa shape index (κ3) is 3.56. The number of hydrogen-bond acceptors (Lipinski definition) is 4. The van der Waals surface area contributed by atoms with Gasteiger partial charge in [0.25, 0.3) is 0 Å². The number of carbonyl (C=O) groups is 1. The average molecular weight is 247 g/mol. The molecule has 1 rings (SSSR count). The summed E-state index contributed by atoms with van der Waals surface area (Å²) in [5.41, 5.74) is 5.28. The molecule has 2 N–H and O–H groups in total. The van der Waals surface area contributed by atoms with Crippen LogP contribution in [0.15, 0.2) is 0 Å². The van der Waals surface area contributed by atoms with Gasteiger partial charge in [-0.3, -0.25) is 4.79 Å². The first-order valence-corrected chi connectivity index (χ1v) is 7.87. The highest BCUT2D eigenvalue weighted by Gasteiger charge is 2.37. The minimum Gasteiger partial charge on any atom is -0.329 e. The Balaban J connectivity index is 2.62. The maximum absolute atomic E-state index is 12.1. The Labute approximate surface area is 97.5 Å². The van der Waals surface area contributed by atoms with Gasteiger partial charge in [-0.25, -0.2) is 8.42 Å². The number of Topliss-reactive ketones (excluding diaryl/α,β-unsaturated/α-hetero) is 1. The molecule has 0 saturated heterocycles. The van der Waals surface area contributed by atoms with Crippen LogP contribution >= 0.6 is 0 Å². The lowest BCUT2D eigenvalue weighted by atomic mass is 9.70. The summed E-state index contributed by atoms with van der Waals surface area (Å²) in [7, 11) is -3.05. The number of nitrogens with two attached hydrogens (primary N) is 1. The lowest BCUT2D eigenvalue weighted by Crippen LogP contribution is -2.41. The number of rotatable bonds is 5. The third-order valence-corrected chi connectivity index (χ3v) is 4.44. The molecule has 0 aromatic rings. The quantitative estimate of drug-likeness (QED) is 0.783. The highest BCUT2D eigenvalue weighted by molar-refractivity contribution is 7.90. The van der Waals surface area contributed by atoms with E-state index in [1.807, 2.05) is 0 Å². The van der Waals surface area contributed by atoms with Gasteiger partial charge in [0.2, 0.25) is 0 Å². The van der Waals surface area contributed by atoms with Gasteiger partial charge in [0.05, 0.1) is 5.75 Å². The smallest absolute Gasteiger partial charge is 0.147 e. The van der Waals surface area contributed by atoms with Crippen LogP contribution in [0.5, 0.6) is 0 Å². The molecule has 94 valence electrons. The number of ketones is 1. The highest BCUT2D eigenvalue weighted by Crippen LogP contribution is 2.37. The number of sulfone groups is 1. The molecule has 4 nitrogen and oxygen atoms in total. The van der Waals surface area contributed by atoms with Crippen LogP contribution < -0.4 is 5.73 Å². The van der Waals surface area contributed by atoms with Gasteiger partial charge in [-0.15, -0.1) is 0 Å². The standard InChI is InChI=1S/C11H21NO3S/c1-16(14,15)8-5-10(13)11(9-12)6-3-2-4-7-11/h2-9,12H2,1H3. The van der Waals surface area contributed by atoms with Gasteiger partial charge in [0.1, 0.15) is 15.6 Å². The molecule has 16 heavy (non-hydrogen) atoms. The molecule has 1 fully saturated rings. The van der Waals surface area contributed by atoms with Crippen molar-refractivity contribution in [3.63, 3.8) is 0 Å². The first kappa shape index (κ1) is 13.6. The van der Waals surface area contributed by atoms with Gasteiger partial charge >= 0.3 is 0 Å². The summed E-state index contributed by atoms with van der Waals surface area (Å²) in [6.45, 7) is 0.357. The molecule has 1 aliphatic rings. The van der Waals surface area contributed by atoms with Crippen LogP contribution in [0.2, 0.25) is 0 Å². The Kier molecular flexibility index (Phi) is 4.50. The molecule has 0 amide bonds. The normalized spacial score (nSPS) is 20.6. The molecule has 1 aliphatic carbocycles. The van der Waals surface area contributed by atoms with Crippen molar-refractivity contribution in [2.24, 2.45) is 11.1 Å². The second-order valence-corrected chi connectivity index (χ2v) is 7.11. The van der Waals surface area contributed by atoms with E-state index < -0.39 is 15.3 Å². The van der Waals surface area contributed by atoms with Crippen molar-refractivity contribution >= 4 is 15.6 Å². The van der Waals surface area contributed by atoms with Crippen molar-refractivity contribution in [3.8, 4) is 0 Å². The number of hydrogen-bond donors (Lipinski definition) is 1. The van der Waals surface area contributed by atoms with Crippen molar-refractivity contribution in [1.29, 1.82) is 0 Å². The predicted molar refractivity (Wildman–Crippen MR) is 63.9 cm³/mol. The van der Waals surface area contributed by atoms with Gasteiger partial charge in [0.15, 0.2) is 0 Å². The Morgan fingerprint density at radius 2 is 1.81 bits per heavy atom. The summed E-state index contributed by atoms with van der Waals surface area (Å²) in [6, 6.07) is 0. The van der Waals surface area contributed by atoms with Gasteiger partial charge in [-0.05, 0) is 12.8 Å². The van der Waals surface area contributed by atoms with Gasteiger partial charge < -0.3 is 5.73 Å². The van der Waals surface area contributed by atoms with Crippen molar-refractivity contribution in [1.82, 2.24) is 0 Å². The zero-order valence-electron chi connectivity index (χ0n) is 9.87. The molecule has 0 atom stereocenters. The zero-order chi connectivity index (χ0) is 12.2. The highest BCUT2D eigenvalue weighted by atomic mass is 32.2. The lowest BCUT2D eigenvalue weighted by Gasteiger charge is -2.34. The van der Waals surface area contributed by atoms with Crippen LogP contribution in [0.25, 0.3) is 0 Å². The SMILES string of the molecule is CS(=O)(=O)CCC(=O)C1(CN)CCCCC1. The maximum Gasteiger partial charge on any atom is 0.147 e. The minimum absolute atomic E-state index is 0.0418. The Morgan fingerprint density at radius 1 is 1.25 bits per heavy atom. The molecule has 0 heterocycles. The van der Waals surface area contributed by atoms with Crippen LogP contribution in [-0.4, -0.2) is 32.8 Å². The molecular weight excluding hydrogens is 226 g/mol. The topological polar surface area (TPSA) is 77.2 Å². The van der Waals surface area contributed by atoms with Crippen molar-refractivity contribution in [3.05, 3.63) is 0 Å². The molecule has 0 aromatic heterocycles. The molecule has 0 radical (unpaired) electrons. The number of carbonyl (C=O) groups excluding carboxylic acids is 1. The summed E-state index contributed by atoms with van der Waals surface area (Å²) >= 11 is 0. The largest absolute Gasteiger partial charge is 0.329 e. The molecule has 0 bridgehead atoms. The summed E-state index contributed by atoms with van der Waals surface area (Å²) < 4.78 is 22.1. The average Bonchev–Trinajstić information content (AvgIpc) is 2.25. The molecule has 5 heteroatoms. The van der Waals surface area contributed by atoms with E-state index in [-0.39, 0.29) is 18.0 Å². The predicted octanol–water partition coefficient (Wildman–Crippen LogP) is 0.899. The van der Waals surface area contributed by atoms with Gasteiger partial charge in [0, 0.05) is 24.6 Å². The first-order valence-electron chi connectivity index (χ1n) is 5.81. The second kappa shape index (κ2) is 5.27. The lowest BCUT2D eigenvalue weighted by molar-refractivity contribution is -0.129. The van der Waals surface area contributed by atoms with E-state index in [1.165, 1.54) is 0 Å². The molecule has 0 aromatic carbocycles. The molecule has 0 unspecified atom stereocenters. The fraction of sp³-hybridized carbons (Fsp3) is 0.909. The molecular formula is C11H21NO3S. The minimum atomic E-state index is -3.05. The molecule has 0 spiro atoms. The van der Waals surface area contributed by atoms with Gasteiger partial charge in [-0.1, -0.05) is 19.3 Å². The van der Waals surface area contributed by atoms with Crippen molar-refractivity contribution < 1.29 is 13.2 Å².